The summed E-state index contributed by atoms with van der Waals surface area (Å²) in [5, 5.41) is 18.1. The molecule has 0 bridgehead atoms. The van der Waals surface area contributed by atoms with Crippen molar-refractivity contribution in [2.45, 2.75) is 13.2 Å². The molecule has 4 aromatic rings. The largest absolute Gasteiger partial charge is 0.496 e. The first kappa shape index (κ1) is 23.9. The van der Waals surface area contributed by atoms with Crippen LogP contribution in [0.2, 0.25) is 0 Å². The molecule has 0 fully saturated rings. The highest BCUT2D eigenvalue weighted by atomic mass is 19.3. The number of aromatic carboxylic acids is 1. The summed E-state index contributed by atoms with van der Waals surface area (Å²) in [6.45, 7) is -6.49. The molecule has 9 nitrogen and oxygen atoms in total. The van der Waals surface area contributed by atoms with Gasteiger partial charge in [0.1, 0.15) is 22.8 Å². The van der Waals surface area contributed by atoms with Gasteiger partial charge in [0.25, 0.3) is 0 Å². The Morgan fingerprint density at radius 2 is 1.57 bits per heavy atom. The minimum atomic E-state index is -3.32. The smallest absolute Gasteiger partial charge is 0.387 e. The standard InChI is InChI=1S/C22H18F4N4O5/c1-29-9-12(8-27-29)10-4-13-17(15(5-10)34-21(23)24)19(30(2)28-13)11-6-14(33-3)18(20(31)32)16(7-11)35-22(25)26/h4-9,21-22H,1-3H3,(H,31,32). The van der Waals surface area contributed by atoms with Crippen molar-refractivity contribution in [3.8, 4) is 39.6 Å². The van der Waals surface area contributed by atoms with Crippen LogP contribution in [0.4, 0.5) is 17.6 Å². The predicted octanol–water partition coefficient (Wildman–Crippen LogP) is 4.55. The first-order valence-corrected chi connectivity index (χ1v) is 9.94. The van der Waals surface area contributed by atoms with Crippen LogP contribution in [0.3, 0.4) is 0 Å². The monoisotopic (exact) mass is 494 g/mol. The zero-order chi connectivity index (χ0) is 25.4. The molecule has 0 aliphatic heterocycles. The molecule has 0 radical (unpaired) electrons. The lowest BCUT2D eigenvalue weighted by Gasteiger charge is -2.15. The van der Waals surface area contributed by atoms with Crippen LogP contribution in [0.5, 0.6) is 17.2 Å². The van der Waals surface area contributed by atoms with E-state index >= 15 is 0 Å². The van der Waals surface area contributed by atoms with E-state index in [0.717, 1.165) is 13.2 Å². The zero-order valence-electron chi connectivity index (χ0n) is 18.5. The molecule has 0 spiro atoms. The first-order valence-electron chi connectivity index (χ1n) is 9.94. The van der Waals surface area contributed by atoms with Crippen molar-refractivity contribution in [2.24, 2.45) is 14.1 Å². The maximum atomic E-state index is 13.3. The van der Waals surface area contributed by atoms with E-state index in [4.69, 9.17) is 9.47 Å². The fourth-order valence-corrected chi connectivity index (χ4v) is 3.84. The molecule has 0 amide bonds. The van der Waals surface area contributed by atoms with Gasteiger partial charge >= 0.3 is 19.2 Å². The maximum absolute atomic E-state index is 13.3. The summed E-state index contributed by atoms with van der Waals surface area (Å²) in [6.07, 6.45) is 3.22. The number of hydrogen-bond acceptors (Lipinski definition) is 6. The second-order valence-corrected chi connectivity index (χ2v) is 7.36. The molecule has 2 heterocycles. The number of carboxylic acid groups (broad SMARTS) is 1. The van der Waals surface area contributed by atoms with Gasteiger partial charge in [-0.15, -0.1) is 0 Å². The van der Waals surface area contributed by atoms with Gasteiger partial charge < -0.3 is 19.3 Å². The predicted molar refractivity (Wildman–Crippen MR) is 115 cm³/mol. The summed E-state index contributed by atoms with van der Waals surface area (Å²) in [5.74, 6) is -2.72. The number of benzene rings is 2. The van der Waals surface area contributed by atoms with Crippen LogP contribution in [0.15, 0.2) is 36.7 Å². The van der Waals surface area contributed by atoms with Gasteiger partial charge in [0.2, 0.25) is 0 Å². The highest BCUT2D eigenvalue weighted by Gasteiger charge is 2.26. The Kier molecular flexibility index (Phi) is 6.24. The van der Waals surface area contributed by atoms with Gasteiger partial charge in [-0.3, -0.25) is 9.36 Å². The SMILES string of the molecule is COc1cc(-c2c3c(OC(F)F)cc(-c4cnn(C)c4)cc3nn2C)cc(OC(F)F)c1C(=O)O. The average molecular weight is 494 g/mol. The lowest BCUT2D eigenvalue weighted by atomic mass is 10.0. The van der Waals surface area contributed by atoms with Crippen molar-refractivity contribution in [3.05, 3.63) is 42.2 Å². The Labute approximate surface area is 195 Å². The quantitative estimate of drug-likeness (QED) is 0.359. The van der Waals surface area contributed by atoms with E-state index in [9.17, 15) is 27.5 Å². The molecule has 2 aromatic carbocycles. The molecule has 0 unspecified atom stereocenters. The van der Waals surface area contributed by atoms with E-state index in [2.05, 4.69) is 14.9 Å². The average Bonchev–Trinajstić information content (AvgIpc) is 3.34. The lowest BCUT2D eigenvalue weighted by Crippen LogP contribution is -2.10. The molecule has 4 rings (SSSR count). The maximum Gasteiger partial charge on any atom is 0.387 e. The normalized spacial score (nSPS) is 11.5. The molecule has 184 valence electrons. The molecule has 0 atom stereocenters. The molecule has 2 aromatic heterocycles. The zero-order valence-corrected chi connectivity index (χ0v) is 18.5. The third-order valence-electron chi connectivity index (χ3n) is 5.14. The van der Waals surface area contributed by atoms with E-state index in [0.29, 0.717) is 11.1 Å². The van der Waals surface area contributed by atoms with Crippen LogP contribution >= 0.6 is 0 Å². The number of halogens is 4. The van der Waals surface area contributed by atoms with Crippen LogP contribution < -0.4 is 14.2 Å². The molecule has 35 heavy (non-hydrogen) atoms. The minimum Gasteiger partial charge on any atom is -0.496 e. The molecule has 13 heteroatoms. The van der Waals surface area contributed by atoms with Crippen molar-refractivity contribution < 1.29 is 41.7 Å². The Hall–Kier alpha value is -4.29. The molecule has 0 aliphatic carbocycles. The van der Waals surface area contributed by atoms with E-state index < -0.39 is 30.5 Å². The Bertz CT molecular complexity index is 1420. The Balaban J connectivity index is 2.00. The molecule has 0 saturated carbocycles. The number of ether oxygens (including phenoxy) is 3. The highest BCUT2D eigenvalue weighted by Crippen LogP contribution is 2.42. The third kappa shape index (κ3) is 4.56. The summed E-state index contributed by atoms with van der Waals surface area (Å²) in [4.78, 5) is 11.7. The molecule has 0 saturated heterocycles. The van der Waals surface area contributed by atoms with Crippen molar-refractivity contribution >= 4 is 16.9 Å². The van der Waals surface area contributed by atoms with Crippen LogP contribution in [-0.2, 0) is 14.1 Å². The van der Waals surface area contributed by atoms with E-state index in [1.54, 1.807) is 25.5 Å². The lowest BCUT2D eigenvalue weighted by molar-refractivity contribution is -0.0507. The number of alkyl halides is 4. The van der Waals surface area contributed by atoms with Crippen molar-refractivity contribution in [1.29, 1.82) is 0 Å². The second kappa shape index (κ2) is 9.16. The van der Waals surface area contributed by atoms with Gasteiger partial charge in [-0.2, -0.15) is 27.8 Å². The summed E-state index contributed by atoms with van der Waals surface area (Å²) in [6, 6.07) is 5.33. The van der Waals surface area contributed by atoms with E-state index in [1.807, 2.05) is 0 Å². The molecular formula is C22H18F4N4O5. The van der Waals surface area contributed by atoms with Crippen LogP contribution in [0.1, 0.15) is 10.4 Å². The number of methoxy groups -OCH3 is 1. The van der Waals surface area contributed by atoms with Crippen LogP contribution in [0.25, 0.3) is 33.3 Å². The fourth-order valence-electron chi connectivity index (χ4n) is 3.84. The Morgan fingerprint density at radius 1 is 0.943 bits per heavy atom. The minimum absolute atomic E-state index is 0.126. The summed E-state index contributed by atoms with van der Waals surface area (Å²) < 4.78 is 69.9. The van der Waals surface area contributed by atoms with E-state index in [-0.39, 0.29) is 33.7 Å². The number of aryl methyl sites for hydroxylation is 2. The fraction of sp³-hybridized carbons (Fsp3) is 0.227. The van der Waals surface area contributed by atoms with Gasteiger partial charge in [0, 0.05) is 31.4 Å². The number of carbonyl (C=O) groups is 1. The number of aromatic nitrogens is 4. The van der Waals surface area contributed by atoms with Gasteiger partial charge in [-0.1, -0.05) is 0 Å². The van der Waals surface area contributed by atoms with Crippen LogP contribution in [-0.4, -0.2) is 51.0 Å². The number of fused-ring (bicyclic) bond motifs is 1. The summed E-state index contributed by atoms with van der Waals surface area (Å²) in [5.41, 5.74) is 1.08. The molecule has 1 N–H and O–H groups in total. The molecule has 0 aliphatic rings. The summed E-state index contributed by atoms with van der Waals surface area (Å²) >= 11 is 0. The highest BCUT2D eigenvalue weighted by molar-refractivity contribution is 6.02. The topological polar surface area (TPSA) is 101 Å². The Morgan fingerprint density at radius 3 is 2.14 bits per heavy atom. The van der Waals surface area contributed by atoms with Gasteiger partial charge in [-0.25, -0.2) is 4.79 Å². The van der Waals surface area contributed by atoms with Crippen LogP contribution in [0, 0.1) is 0 Å². The number of hydrogen-bond donors (Lipinski definition) is 1. The number of nitrogens with zero attached hydrogens (tertiary/aromatic N) is 4. The second-order valence-electron chi connectivity index (χ2n) is 7.36. The van der Waals surface area contributed by atoms with Crippen molar-refractivity contribution in [2.75, 3.05) is 7.11 Å². The molecular weight excluding hydrogens is 476 g/mol. The van der Waals surface area contributed by atoms with Crippen molar-refractivity contribution in [3.63, 3.8) is 0 Å². The summed E-state index contributed by atoms with van der Waals surface area (Å²) in [7, 11) is 4.37. The number of carboxylic acids is 1. The number of rotatable bonds is 8. The third-order valence-corrected chi connectivity index (χ3v) is 5.14. The van der Waals surface area contributed by atoms with Gasteiger partial charge in [0.15, 0.2) is 0 Å². The van der Waals surface area contributed by atoms with Gasteiger partial charge in [0.05, 0.1) is 29.9 Å². The first-order chi connectivity index (χ1) is 16.6. The van der Waals surface area contributed by atoms with Crippen molar-refractivity contribution in [1.82, 2.24) is 19.6 Å². The van der Waals surface area contributed by atoms with E-state index in [1.165, 1.54) is 28.5 Å². The van der Waals surface area contributed by atoms with Gasteiger partial charge in [-0.05, 0) is 29.8 Å².